The molecule has 2 aliphatic carbocycles. The van der Waals surface area contributed by atoms with Crippen LogP contribution in [0.1, 0.15) is 88.3 Å². The number of benzene rings is 2. The first kappa shape index (κ1) is 44.2. The van der Waals surface area contributed by atoms with Crippen molar-refractivity contribution in [2.24, 2.45) is 22.9 Å². The molecule has 3 N–H and O–H groups in total. The summed E-state index contributed by atoms with van der Waals surface area (Å²) in [6.45, 7) is 14.5. The van der Waals surface area contributed by atoms with E-state index in [9.17, 15) is 20.1 Å². The molecule has 12 nitrogen and oxygen atoms in total. The van der Waals surface area contributed by atoms with Crippen molar-refractivity contribution >= 4 is 11.8 Å². The maximum atomic E-state index is 13.9. The van der Waals surface area contributed by atoms with Crippen molar-refractivity contribution in [3.8, 4) is 17.2 Å². The number of aliphatic hydroxyl groups excluding tert-OH is 3. The minimum Gasteiger partial charge on any atom is -0.459 e. The number of carbonyl (C=O) groups is 1. The van der Waals surface area contributed by atoms with Crippen LogP contribution in [-0.2, 0) is 19.0 Å². The Hall–Kier alpha value is -3.94. The number of oxime groups is 1. The average molecular weight is 793 g/mol. The van der Waals surface area contributed by atoms with Gasteiger partial charge < -0.3 is 43.8 Å². The minimum atomic E-state index is -1.44. The highest BCUT2D eigenvalue weighted by molar-refractivity contribution is 6.03. The number of unbranched alkanes of at least 4 members (excludes halogenated alkanes) is 2. The molecular weight excluding hydrogens is 728 g/mol. The van der Waals surface area contributed by atoms with E-state index in [4.69, 9.17) is 33.7 Å². The topological polar surface area (TPSA) is 149 Å². The Morgan fingerprint density at radius 1 is 0.982 bits per heavy atom. The first-order valence-electron chi connectivity index (χ1n) is 20.5. The molecule has 0 aromatic heterocycles. The fraction of sp³-hybridized carbons (Fsp3) is 0.600. The van der Waals surface area contributed by atoms with E-state index in [1.165, 1.54) is 12.7 Å². The van der Waals surface area contributed by atoms with Crippen LogP contribution in [0.2, 0.25) is 0 Å². The molecule has 57 heavy (non-hydrogen) atoms. The molecule has 12 heteroatoms. The molecular formula is C45H64N2O10. The normalized spacial score (nSPS) is 24.5. The lowest BCUT2D eigenvalue weighted by atomic mass is 9.55. The summed E-state index contributed by atoms with van der Waals surface area (Å²) in [4.78, 5) is 21.7. The van der Waals surface area contributed by atoms with Gasteiger partial charge in [-0.2, -0.15) is 0 Å². The third-order valence-corrected chi connectivity index (χ3v) is 11.3. The molecule has 1 heterocycles. The summed E-state index contributed by atoms with van der Waals surface area (Å²) in [7, 11) is 1.35. The van der Waals surface area contributed by atoms with Gasteiger partial charge in [0.2, 0.25) is 5.79 Å². The number of hydrogen-bond donors (Lipinski definition) is 3. The Labute approximate surface area is 338 Å². The third-order valence-electron chi connectivity index (χ3n) is 11.3. The standard InChI is InChI=1S/C45H64N2O10/c1-8-23-54-45-40(47(43(51)52-7)19-24-53-25-22-50)29-38(46-57-44(4,5)6)36-27-32(13-9-11-20-48)35(14-10-12-21-49)41(42(36)45)37-28-34(17-18-39(37)56-45)55-33-16-15-30(2)31(3)26-33/h8,15-18,26-28,32,35,40-42,48-50H,1,9-14,19-25,29H2,2-7H3/t32-,35+,40-,41+,42+,45+/m0/s1. The number of ether oxygens (including phenoxy) is 5. The Morgan fingerprint density at radius 3 is 2.37 bits per heavy atom. The Morgan fingerprint density at radius 2 is 1.70 bits per heavy atom. The van der Waals surface area contributed by atoms with E-state index in [1.807, 2.05) is 45.0 Å². The van der Waals surface area contributed by atoms with Gasteiger partial charge in [-0.05, 0) is 119 Å². The summed E-state index contributed by atoms with van der Waals surface area (Å²) in [6, 6.07) is 11.2. The first-order chi connectivity index (χ1) is 27.4. The van der Waals surface area contributed by atoms with Crippen LogP contribution >= 0.6 is 0 Å². The molecule has 0 unspecified atom stereocenters. The molecule has 2 aromatic rings. The predicted molar refractivity (Wildman–Crippen MR) is 219 cm³/mol. The van der Waals surface area contributed by atoms with Crippen LogP contribution in [0.25, 0.3) is 0 Å². The maximum Gasteiger partial charge on any atom is 0.410 e. The van der Waals surface area contributed by atoms with Gasteiger partial charge in [-0.3, -0.25) is 4.90 Å². The Bertz CT molecular complexity index is 1720. The summed E-state index contributed by atoms with van der Waals surface area (Å²) < 4.78 is 31.9. The minimum absolute atomic E-state index is 0.0539. The van der Waals surface area contributed by atoms with E-state index in [-0.39, 0.29) is 70.4 Å². The van der Waals surface area contributed by atoms with Crippen molar-refractivity contribution < 1.29 is 48.6 Å². The molecule has 3 aliphatic rings. The number of aryl methyl sites for hydroxylation is 2. The van der Waals surface area contributed by atoms with Crippen LogP contribution in [-0.4, -0.2) is 103 Å². The number of aliphatic hydroxyl groups is 3. The highest BCUT2D eigenvalue weighted by Crippen LogP contribution is 2.62. The molecule has 0 spiro atoms. The van der Waals surface area contributed by atoms with Crippen molar-refractivity contribution in [3.05, 3.63) is 77.4 Å². The summed E-state index contributed by atoms with van der Waals surface area (Å²) in [5, 5.41) is 34.1. The van der Waals surface area contributed by atoms with Gasteiger partial charge in [0.1, 0.15) is 28.9 Å². The van der Waals surface area contributed by atoms with E-state index in [1.54, 1.807) is 11.0 Å². The summed E-state index contributed by atoms with van der Waals surface area (Å²) in [6.07, 6.45) is 8.23. The van der Waals surface area contributed by atoms with Crippen LogP contribution in [0, 0.1) is 31.6 Å². The number of carbonyl (C=O) groups excluding carboxylic acids is 1. The van der Waals surface area contributed by atoms with Crippen LogP contribution in [0.3, 0.4) is 0 Å². The van der Waals surface area contributed by atoms with Crippen molar-refractivity contribution in [1.29, 1.82) is 0 Å². The zero-order chi connectivity index (χ0) is 41.2. The quantitative estimate of drug-likeness (QED) is 0.0696. The van der Waals surface area contributed by atoms with Crippen molar-refractivity contribution in [2.75, 3.05) is 53.3 Å². The highest BCUT2D eigenvalue weighted by Gasteiger charge is 2.65. The molecule has 1 aliphatic heterocycles. The number of fused-ring (bicyclic) bond motifs is 2. The van der Waals surface area contributed by atoms with E-state index in [0.717, 1.165) is 48.1 Å². The smallest absolute Gasteiger partial charge is 0.410 e. The molecule has 0 bridgehead atoms. The molecule has 1 fully saturated rings. The first-order valence-corrected chi connectivity index (χ1v) is 20.5. The molecule has 1 amide bonds. The van der Waals surface area contributed by atoms with Crippen LogP contribution in [0.5, 0.6) is 17.2 Å². The largest absolute Gasteiger partial charge is 0.459 e. The molecule has 0 saturated heterocycles. The highest BCUT2D eigenvalue weighted by atomic mass is 16.7. The second-order valence-corrected chi connectivity index (χ2v) is 16.3. The van der Waals surface area contributed by atoms with Crippen LogP contribution in [0.15, 0.2) is 65.9 Å². The molecule has 2 aromatic carbocycles. The van der Waals surface area contributed by atoms with Gasteiger partial charge in [0.25, 0.3) is 0 Å². The zero-order valence-corrected chi connectivity index (χ0v) is 34.7. The lowest BCUT2D eigenvalue weighted by Crippen LogP contribution is -2.70. The summed E-state index contributed by atoms with van der Waals surface area (Å²) >= 11 is 0. The molecule has 314 valence electrons. The van der Waals surface area contributed by atoms with Gasteiger partial charge in [-0.1, -0.05) is 36.2 Å². The lowest BCUT2D eigenvalue weighted by molar-refractivity contribution is -0.256. The van der Waals surface area contributed by atoms with Gasteiger partial charge in [-0.15, -0.1) is 6.58 Å². The van der Waals surface area contributed by atoms with Crippen molar-refractivity contribution in [1.82, 2.24) is 4.90 Å². The number of allylic oxidation sites excluding steroid dienone is 1. The summed E-state index contributed by atoms with van der Waals surface area (Å²) in [5.74, 6) is 0.00850. The van der Waals surface area contributed by atoms with Gasteiger partial charge >= 0.3 is 6.09 Å². The Balaban J connectivity index is 1.78. The van der Waals surface area contributed by atoms with E-state index in [2.05, 4.69) is 38.6 Å². The average Bonchev–Trinajstić information content (AvgIpc) is 3.18. The zero-order valence-electron chi connectivity index (χ0n) is 34.7. The molecule has 5 rings (SSSR count). The van der Waals surface area contributed by atoms with Gasteiger partial charge in [-0.25, -0.2) is 4.79 Å². The second-order valence-electron chi connectivity index (χ2n) is 16.3. The number of nitrogens with zero attached hydrogens (tertiary/aromatic N) is 2. The maximum absolute atomic E-state index is 13.9. The predicted octanol–water partition coefficient (Wildman–Crippen LogP) is 7.61. The van der Waals surface area contributed by atoms with E-state index >= 15 is 0 Å². The van der Waals surface area contributed by atoms with E-state index < -0.39 is 29.4 Å². The molecule has 0 radical (unpaired) electrons. The van der Waals surface area contributed by atoms with Crippen molar-refractivity contribution in [2.45, 2.75) is 103 Å². The van der Waals surface area contributed by atoms with E-state index in [0.29, 0.717) is 30.1 Å². The summed E-state index contributed by atoms with van der Waals surface area (Å²) in [5.41, 5.74) is 4.28. The number of methoxy groups -OCH3 is 1. The second kappa shape index (κ2) is 20.2. The van der Waals surface area contributed by atoms with Gasteiger partial charge in [0, 0.05) is 37.7 Å². The van der Waals surface area contributed by atoms with Gasteiger partial charge in [0.15, 0.2) is 0 Å². The van der Waals surface area contributed by atoms with Crippen molar-refractivity contribution in [3.63, 3.8) is 0 Å². The van der Waals surface area contributed by atoms with Crippen LogP contribution < -0.4 is 9.47 Å². The fourth-order valence-corrected chi connectivity index (χ4v) is 8.64. The van der Waals surface area contributed by atoms with Crippen LogP contribution in [0.4, 0.5) is 4.79 Å². The number of hydrogen-bond acceptors (Lipinski definition) is 11. The monoisotopic (exact) mass is 792 g/mol. The fourth-order valence-electron chi connectivity index (χ4n) is 8.64. The molecule has 1 saturated carbocycles. The number of rotatable bonds is 20. The molecule has 6 atom stereocenters. The number of amides is 1. The Kier molecular flexibility index (Phi) is 15.6. The lowest BCUT2D eigenvalue weighted by Gasteiger charge is -2.59. The van der Waals surface area contributed by atoms with Gasteiger partial charge in [0.05, 0.1) is 45.2 Å². The SMILES string of the molecule is C=CCO[C@@]12Oc3ccc(Oc4ccc(C)c(C)c4)cc3[C@H]3[C@H](CCCCO)[C@@H](CCCCO)C=C(C(=NOC(C)(C)C)C[C@@H]1N(CCOCCO)C(=O)OC)[C@H]32. The third kappa shape index (κ3) is 10.4.